The summed E-state index contributed by atoms with van der Waals surface area (Å²) in [5.74, 6) is 1.65. The number of benzene rings is 2. The Hall–Kier alpha value is -0.720. The monoisotopic (exact) mass is 476 g/mol. The van der Waals surface area contributed by atoms with Crippen molar-refractivity contribution in [3.05, 3.63) is 71.8 Å². The Bertz CT molecular complexity index is 634. The maximum atomic E-state index is 11.5. The van der Waals surface area contributed by atoms with Crippen molar-refractivity contribution >= 4 is 75.4 Å². The van der Waals surface area contributed by atoms with E-state index in [1.807, 2.05) is 60.7 Å². The van der Waals surface area contributed by atoms with Crippen LogP contribution >= 0.6 is 63.2 Å². The predicted octanol–water partition coefficient (Wildman–Crippen LogP) is 6.71. The van der Waals surface area contributed by atoms with Crippen LogP contribution in [-0.4, -0.2) is 12.2 Å². The van der Waals surface area contributed by atoms with Crippen LogP contribution in [0.4, 0.5) is 9.59 Å². The lowest BCUT2D eigenvalue weighted by molar-refractivity contribution is 0.159. The van der Waals surface area contributed by atoms with Crippen LogP contribution in [0.3, 0.4) is 0 Å². The van der Waals surface area contributed by atoms with Crippen LogP contribution in [0.25, 0.3) is 0 Å². The highest BCUT2D eigenvalue weighted by Gasteiger charge is 2.10. The topological polar surface area (TPSA) is 67.4 Å². The minimum Gasteiger partial charge on any atom is -0.358 e. The molecule has 2 aromatic rings. The SMILES string of the molecule is O=C(NSSSCc1ccccc1)OC(=O)NSSSCc1ccccc1. The highest BCUT2D eigenvalue weighted by Crippen LogP contribution is 2.35. The van der Waals surface area contributed by atoms with Gasteiger partial charge >= 0.3 is 12.2 Å². The molecule has 2 aromatic carbocycles. The standard InChI is InChI=1S/C16H16N2O3S6/c19-15(17-24-26-22-11-13-7-3-1-4-8-13)21-16(20)18-25-27-23-12-14-9-5-2-6-10-14/h1-10H,11-12H2,(H,17,19)(H,18,20). The molecular formula is C16H16N2O3S6. The molecule has 0 atom stereocenters. The third kappa shape index (κ3) is 11.0. The van der Waals surface area contributed by atoms with E-state index in [0.717, 1.165) is 33.5 Å². The lowest BCUT2D eigenvalue weighted by atomic mass is 10.2. The van der Waals surface area contributed by atoms with E-state index in [9.17, 15) is 9.59 Å². The van der Waals surface area contributed by atoms with Gasteiger partial charge in [-0.1, -0.05) is 82.3 Å². The Balaban J connectivity index is 1.44. The molecule has 0 aliphatic rings. The minimum absolute atomic E-state index is 0.798. The second kappa shape index (κ2) is 14.3. The van der Waals surface area contributed by atoms with Crippen molar-refractivity contribution in [3.8, 4) is 0 Å². The molecule has 0 aliphatic heterocycles. The molecule has 0 saturated heterocycles. The van der Waals surface area contributed by atoms with Gasteiger partial charge in [-0.15, -0.1) is 0 Å². The van der Waals surface area contributed by atoms with Gasteiger partial charge in [-0.2, -0.15) is 0 Å². The summed E-state index contributed by atoms with van der Waals surface area (Å²) in [6, 6.07) is 20.0. The summed E-state index contributed by atoms with van der Waals surface area (Å²) in [4.78, 5) is 23.0. The van der Waals surface area contributed by atoms with E-state index < -0.39 is 12.2 Å². The van der Waals surface area contributed by atoms with E-state index in [2.05, 4.69) is 14.2 Å². The van der Waals surface area contributed by atoms with E-state index >= 15 is 0 Å². The zero-order valence-electron chi connectivity index (χ0n) is 13.9. The highest BCUT2D eigenvalue weighted by atomic mass is 33.5. The van der Waals surface area contributed by atoms with Crippen molar-refractivity contribution in [1.82, 2.24) is 9.44 Å². The van der Waals surface area contributed by atoms with Gasteiger partial charge in [-0.3, -0.25) is 9.44 Å². The lowest BCUT2D eigenvalue weighted by Crippen LogP contribution is -2.25. The molecular weight excluding hydrogens is 461 g/mol. The van der Waals surface area contributed by atoms with Crippen LogP contribution in [0.1, 0.15) is 11.1 Å². The molecule has 0 saturated carbocycles. The number of nitrogens with one attached hydrogen (secondary N) is 2. The second-order valence-electron chi connectivity index (χ2n) is 4.68. The number of rotatable bonds is 10. The predicted molar refractivity (Wildman–Crippen MR) is 124 cm³/mol. The average Bonchev–Trinajstić information content (AvgIpc) is 2.69. The Kier molecular flexibility index (Phi) is 12.0. The Morgan fingerprint density at radius 2 is 1.11 bits per heavy atom. The van der Waals surface area contributed by atoms with Gasteiger partial charge in [0.1, 0.15) is 0 Å². The molecule has 0 aliphatic carbocycles. The molecule has 27 heavy (non-hydrogen) atoms. The fraction of sp³-hybridized carbons (Fsp3) is 0.125. The highest BCUT2D eigenvalue weighted by molar-refractivity contribution is 9.09. The van der Waals surface area contributed by atoms with Gasteiger partial charge in [0.15, 0.2) is 0 Å². The quantitative estimate of drug-likeness (QED) is 0.168. The lowest BCUT2D eigenvalue weighted by Gasteiger charge is -2.05. The molecule has 0 fully saturated rings. The van der Waals surface area contributed by atoms with Crippen LogP contribution in [0.5, 0.6) is 0 Å². The summed E-state index contributed by atoms with van der Waals surface area (Å²) in [6.45, 7) is 0. The summed E-state index contributed by atoms with van der Waals surface area (Å²) in [5, 5.41) is 0. The van der Waals surface area contributed by atoms with Crippen molar-refractivity contribution in [2.24, 2.45) is 0 Å². The summed E-state index contributed by atoms with van der Waals surface area (Å²) in [7, 11) is 8.19. The molecule has 0 unspecified atom stereocenters. The minimum atomic E-state index is -0.798. The zero-order chi connectivity index (χ0) is 19.2. The molecule has 2 amide bonds. The Morgan fingerprint density at radius 3 is 1.52 bits per heavy atom. The van der Waals surface area contributed by atoms with Crippen molar-refractivity contribution in [1.29, 1.82) is 0 Å². The van der Waals surface area contributed by atoms with Gasteiger partial charge in [0.25, 0.3) is 0 Å². The fourth-order valence-corrected chi connectivity index (χ4v) is 7.10. The van der Waals surface area contributed by atoms with Crippen LogP contribution < -0.4 is 9.44 Å². The molecule has 0 aromatic heterocycles. The molecule has 11 heteroatoms. The van der Waals surface area contributed by atoms with Gasteiger partial charge < -0.3 is 4.74 Å². The first kappa shape index (κ1) is 22.6. The molecule has 0 spiro atoms. The van der Waals surface area contributed by atoms with Crippen molar-refractivity contribution in [2.75, 3.05) is 0 Å². The van der Waals surface area contributed by atoms with Crippen LogP contribution in [0.2, 0.25) is 0 Å². The van der Waals surface area contributed by atoms with Gasteiger partial charge in [-0.25, -0.2) is 9.59 Å². The molecule has 5 nitrogen and oxygen atoms in total. The maximum absolute atomic E-state index is 11.5. The summed E-state index contributed by atoms with van der Waals surface area (Å²) in [6.07, 6.45) is -1.60. The fourth-order valence-electron chi connectivity index (χ4n) is 1.61. The van der Waals surface area contributed by atoms with Gasteiger partial charge in [0, 0.05) is 33.5 Å². The molecule has 0 heterocycles. The van der Waals surface area contributed by atoms with E-state index in [1.165, 1.54) is 30.8 Å². The number of carbonyl (C=O) groups is 2. The largest absolute Gasteiger partial charge is 0.426 e. The van der Waals surface area contributed by atoms with Crippen LogP contribution in [-0.2, 0) is 16.2 Å². The summed E-state index contributed by atoms with van der Waals surface area (Å²) in [5.41, 5.74) is 2.41. The third-order valence-corrected chi connectivity index (χ3v) is 9.62. The Morgan fingerprint density at radius 1 is 0.704 bits per heavy atom. The molecule has 0 bridgehead atoms. The first-order valence-electron chi connectivity index (χ1n) is 7.50. The van der Waals surface area contributed by atoms with Crippen LogP contribution in [0.15, 0.2) is 60.7 Å². The number of carbonyl (C=O) groups excluding carboxylic acids is 2. The molecule has 0 radical (unpaired) electrons. The van der Waals surface area contributed by atoms with E-state index in [0.29, 0.717) is 0 Å². The number of hydrogen-bond acceptors (Lipinski definition) is 9. The van der Waals surface area contributed by atoms with Crippen LogP contribution in [0, 0.1) is 0 Å². The maximum Gasteiger partial charge on any atom is 0.426 e. The summed E-state index contributed by atoms with van der Waals surface area (Å²) >= 11 is 0. The van der Waals surface area contributed by atoms with Crippen molar-refractivity contribution < 1.29 is 14.3 Å². The van der Waals surface area contributed by atoms with E-state index in [1.54, 1.807) is 21.6 Å². The normalized spacial score (nSPS) is 10.2. The van der Waals surface area contributed by atoms with Gasteiger partial charge in [0.05, 0.1) is 0 Å². The second-order valence-corrected chi connectivity index (χ2v) is 12.4. The molecule has 2 N–H and O–H groups in total. The van der Waals surface area contributed by atoms with Gasteiger partial charge in [-0.05, 0) is 30.8 Å². The zero-order valence-corrected chi connectivity index (χ0v) is 18.8. The van der Waals surface area contributed by atoms with E-state index in [-0.39, 0.29) is 0 Å². The van der Waals surface area contributed by atoms with Crippen molar-refractivity contribution in [2.45, 2.75) is 11.5 Å². The van der Waals surface area contributed by atoms with Gasteiger partial charge in [0.2, 0.25) is 0 Å². The third-order valence-electron chi connectivity index (χ3n) is 2.74. The molecule has 2 rings (SSSR count). The summed E-state index contributed by atoms with van der Waals surface area (Å²) < 4.78 is 9.47. The smallest absolute Gasteiger partial charge is 0.358 e. The van der Waals surface area contributed by atoms with E-state index in [4.69, 9.17) is 0 Å². The first-order valence-corrected chi connectivity index (χ1v) is 14.8. The number of amides is 2. The molecule has 144 valence electrons. The van der Waals surface area contributed by atoms with Crippen molar-refractivity contribution in [3.63, 3.8) is 0 Å². The Labute approximate surface area is 181 Å². The average molecular weight is 477 g/mol. The number of ether oxygens (including phenoxy) is 1. The first-order chi connectivity index (χ1) is 13.2. The number of hydrogen-bond donors (Lipinski definition) is 2.